The summed E-state index contributed by atoms with van der Waals surface area (Å²) in [7, 11) is 0. The smallest absolute Gasteiger partial charge is 0.0143 e. The average Bonchev–Trinajstić information content (AvgIpc) is 3.06. The second kappa shape index (κ2) is 11.4. The molecule has 0 aromatic heterocycles. The van der Waals surface area contributed by atoms with Crippen LogP contribution in [-0.2, 0) is 0 Å². The van der Waals surface area contributed by atoms with E-state index in [2.05, 4.69) is 58.6 Å². The van der Waals surface area contributed by atoms with Crippen molar-refractivity contribution in [2.45, 2.75) is 106 Å². The quantitative estimate of drug-likeness (QED) is 0.406. The Kier molecular flexibility index (Phi) is 9.51. The molecule has 3 saturated carbocycles. The van der Waals surface area contributed by atoms with Crippen LogP contribution in [0.15, 0.2) is 47.6 Å². The van der Waals surface area contributed by atoms with Crippen LogP contribution in [-0.4, -0.2) is 0 Å². The largest absolute Gasteiger partial charge is 0.0956 e. The lowest BCUT2D eigenvalue weighted by atomic mass is 9.61. The number of hydrogen-bond donors (Lipinski definition) is 0. The lowest BCUT2D eigenvalue weighted by Crippen LogP contribution is -2.35. The lowest BCUT2D eigenvalue weighted by Gasteiger charge is -2.44. The maximum Gasteiger partial charge on any atom is -0.0143 e. The Balaban J connectivity index is 0.00000145. The van der Waals surface area contributed by atoms with E-state index in [9.17, 15) is 0 Å². The highest BCUT2D eigenvalue weighted by atomic mass is 14.5. The first kappa shape index (κ1) is 24.2. The Morgan fingerprint density at radius 3 is 2.41 bits per heavy atom. The van der Waals surface area contributed by atoms with E-state index in [0.717, 1.165) is 23.7 Å². The summed E-state index contributed by atoms with van der Waals surface area (Å²) in [6, 6.07) is 0. The average molecular weight is 397 g/mol. The molecule has 3 aliphatic rings. The van der Waals surface area contributed by atoms with Crippen molar-refractivity contribution in [1.82, 2.24) is 0 Å². The first-order valence-corrected chi connectivity index (χ1v) is 12.7. The molecule has 3 fully saturated rings. The highest BCUT2D eigenvalue weighted by Gasteiger charge is 2.50. The van der Waals surface area contributed by atoms with Crippen molar-refractivity contribution in [2.75, 3.05) is 0 Å². The summed E-state index contributed by atoms with van der Waals surface area (Å²) < 4.78 is 0. The molecule has 3 aliphatic carbocycles. The molecule has 0 aromatic rings. The van der Waals surface area contributed by atoms with E-state index in [0.29, 0.717) is 5.41 Å². The molecule has 0 heterocycles. The maximum absolute atomic E-state index is 4.31. The standard InChI is InChI=1S/C27H42.C2H6/c1-20(2)10-8-12-22(4)25-17-18-26-24(14-9-19-27(25,26)5)16-15-23-13-7-6-11-21(23)3;1-2/h8,12,15-16,20,22,25-26H,3,6-7,9-11,13-14,17-19H2,1-2,4-5H3;1-2H3/b12-8+,23-15-,24-16+;. The predicted molar refractivity (Wildman–Crippen MR) is 131 cm³/mol. The fourth-order valence-electron chi connectivity index (χ4n) is 6.24. The molecule has 0 heteroatoms. The third-order valence-electron chi connectivity index (χ3n) is 7.85. The summed E-state index contributed by atoms with van der Waals surface area (Å²) in [5.41, 5.74) is 5.18. The van der Waals surface area contributed by atoms with Crippen molar-refractivity contribution >= 4 is 0 Å². The van der Waals surface area contributed by atoms with Crippen LogP contribution < -0.4 is 0 Å². The molecule has 0 nitrogen and oxygen atoms in total. The van der Waals surface area contributed by atoms with Crippen LogP contribution in [0.4, 0.5) is 0 Å². The van der Waals surface area contributed by atoms with Crippen molar-refractivity contribution in [1.29, 1.82) is 0 Å². The first-order chi connectivity index (χ1) is 13.9. The van der Waals surface area contributed by atoms with Crippen molar-refractivity contribution in [3.63, 3.8) is 0 Å². The molecule has 4 unspecified atom stereocenters. The Hall–Kier alpha value is -1.04. The van der Waals surface area contributed by atoms with Crippen LogP contribution in [0, 0.1) is 29.1 Å². The van der Waals surface area contributed by atoms with Gasteiger partial charge >= 0.3 is 0 Å². The highest BCUT2D eigenvalue weighted by Crippen LogP contribution is 2.59. The van der Waals surface area contributed by atoms with Crippen LogP contribution in [0.1, 0.15) is 106 Å². The summed E-state index contributed by atoms with van der Waals surface area (Å²) in [6.45, 7) is 18.0. The summed E-state index contributed by atoms with van der Waals surface area (Å²) in [4.78, 5) is 0. The van der Waals surface area contributed by atoms with Gasteiger partial charge in [-0.05, 0) is 98.9 Å². The monoisotopic (exact) mass is 396 g/mol. The summed E-state index contributed by atoms with van der Waals surface area (Å²) >= 11 is 0. The molecule has 0 N–H and O–H groups in total. The molecule has 0 saturated heterocycles. The summed E-state index contributed by atoms with van der Waals surface area (Å²) in [6.07, 6.45) is 23.2. The van der Waals surface area contributed by atoms with Gasteiger partial charge in [0.1, 0.15) is 0 Å². The van der Waals surface area contributed by atoms with Gasteiger partial charge in [0.2, 0.25) is 0 Å². The molecule has 0 aromatic carbocycles. The fourth-order valence-corrected chi connectivity index (χ4v) is 6.24. The van der Waals surface area contributed by atoms with Gasteiger partial charge in [0.25, 0.3) is 0 Å². The number of rotatable bonds is 5. The van der Waals surface area contributed by atoms with E-state index in [1.54, 1.807) is 5.57 Å². The van der Waals surface area contributed by atoms with Gasteiger partial charge in [0.15, 0.2) is 0 Å². The molecule has 0 spiro atoms. The van der Waals surface area contributed by atoms with Crippen molar-refractivity contribution in [3.8, 4) is 0 Å². The molecule has 164 valence electrons. The number of allylic oxidation sites excluding steroid dienone is 7. The molecule has 0 radical (unpaired) electrons. The Morgan fingerprint density at radius 2 is 1.72 bits per heavy atom. The molecular formula is C29H48. The van der Waals surface area contributed by atoms with Gasteiger partial charge in [0, 0.05) is 0 Å². The number of fused-ring (bicyclic) bond motifs is 1. The van der Waals surface area contributed by atoms with Crippen LogP contribution in [0.25, 0.3) is 0 Å². The molecular weight excluding hydrogens is 348 g/mol. The zero-order valence-corrected chi connectivity index (χ0v) is 20.4. The molecule has 4 atom stereocenters. The van der Waals surface area contributed by atoms with Gasteiger partial charge in [-0.2, -0.15) is 0 Å². The molecule has 0 aliphatic heterocycles. The van der Waals surface area contributed by atoms with Crippen LogP contribution in [0.5, 0.6) is 0 Å². The molecule has 29 heavy (non-hydrogen) atoms. The van der Waals surface area contributed by atoms with Crippen molar-refractivity contribution < 1.29 is 0 Å². The normalized spacial score (nSPS) is 33.8. The molecule has 3 rings (SSSR count). The SMILES string of the molecule is C=C1CCCC/C1=C/C=C1\CCCC2(C)C1CCC2C(C)/C=C/CC(C)C.CC. The van der Waals surface area contributed by atoms with Crippen LogP contribution in [0.2, 0.25) is 0 Å². The van der Waals surface area contributed by atoms with Gasteiger partial charge in [0.05, 0.1) is 0 Å². The minimum absolute atomic E-state index is 0.508. The maximum atomic E-state index is 4.31. The van der Waals surface area contributed by atoms with Crippen LogP contribution >= 0.6 is 0 Å². The first-order valence-electron chi connectivity index (χ1n) is 12.7. The van der Waals surface area contributed by atoms with E-state index in [4.69, 9.17) is 0 Å². The predicted octanol–water partition coefficient (Wildman–Crippen LogP) is 9.45. The molecule has 0 amide bonds. The summed E-state index contributed by atoms with van der Waals surface area (Å²) in [5.74, 6) is 3.15. The van der Waals surface area contributed by atoms with Gasteiger partial charge in [-0.1, -0.05) is 83.6 Å². The van der Waals surface area contributed by atoms with E-state index < -0.39 is 0 Å². The Bertz CT molecular complexity index is 614. The van der Waals surface area contributed by atoms with Crippen molar-refractivity contribution in [2.24, 2.45) is 29.1 Å². The molecule has 0 bridgehead atoms. The van der Waals surface area contributed by atoms with Gasteiger partial charge < -0.3 is 0 Å². The zero-order chi connectivity index (χ0) is 21.4. The number of hydrogen-bond acceptors (Lipinski definition) is 0. The topological polar surface area (TPSA) is 0 Å². The third-order valence-corrected chi connectivity index (χ3v) is 7.85. The van der Waals surface area contributed by atoms with E-state index in [-0.39, 0.29) is 0 Å². The zero-order valence-electron chi connectivity index (χ0n) is 20.4. The van der Waals surface area contributed by atoms with Gasteiger partial charge in [-0.25, -0.2) is 0 Å². The third kappa shape index (κ3) is 5.99. The van der Waals surface area contributed by atoms with E-state index >= 15 is 0 Å². The second-order valence-electron chi connectivity index (χ2n) is 10.3. The Labute approximate surface area is 182 Å². The lowest BCUT2D eigenvalue weighted by molar-refractivity contribution is 0.112. The van der Waals surface area contributed by atoms with Crippen LogP contribution in [0.3, 0.4) is 0 Å². The van der Waals surface area contributed by atoms with E-state index in [1.165, 1.54) is 75.4 Å². The minimum Gasteiger partial charge on any atom is -0.0956 e. The van der Waals surface area contributed by atoms with Crippen molar-refractivity contribution in [3.05, 3.63) is 47.6 Å². The second-order valence-corrected chi connectivity index (χ2v) is 10.3. The van der Waals surface area contributed by atoms with E-state index in [1.807, 2.05) is 13.8 Å². The fraction of sp³-hybridized carbons (Fsp3) is 0.724. The van der Waals surface area contributed by atoms with Gasteiger partial charge in [-0.3, -0.25) is 0 Å². The summed E-state index contributed by atoms with van der Waals surface area (Å²) in [5, 5.41) is 0. The Morgan fingerprint density at radius 1 is 1.00 bits per heavy atom. The highest BCUT2D eigenvalue weighted by molar-refractivity contribution is 5.35. The van der Waals surface area contributed by atoms with Gasteiger partial charge in [-0.15, -0.1) is 0 Å². The minimum atomic E-state index is 0.508.